The van der Waals surface area contributed by atoms with Crippen LogP contribution in [0.5, 0.6) is 5.75 Å². The van der Waals surface area contributed by atoms with Crippen LogP contribution in [0, 0.1) is 11.8 Å². The second kappa shape index (κ2) is 8.31. The van der Waals surface area contributed by atoms with Gasteiger partial charge in [0.1, 0.15) is 5.75 Å². The maximum atomic E-state index is 5.22. The normalized spacial score (nSPS) is 23.3. The van der Waals surface area contributed by atoms with Gasteiger partial charge in [0.05, 0.1) is 7.11 Å². The van der Waals surface area contributed by atoms with Crippen molar-refractivity contribution in [2.24, 2.45) is 11.8 Å². The third-order valence-electron chi connectivity index (χ3n) is 4.75. The van der Waals surface area contributed by atoms with Gasteiger partial charge in [-0.3, -0.25) is 0 Å². The molecule has 0 saturated heterocycles. The summed E-state index contributed by atoms with van der Waals surface area (Å²) in [6.45, 7) is 1.19. The van der Waals surface area contributed by atoms with Gasteiger partial charge in [0, 0.05) is 0 Å². The van der Waals surface area contributed by atoms with Crippen LogP contribution < -0.4 is 10.1 Å². The molecule has 0 radical (unpaired) electrons. The van der Waals surface area contributed by atoms with Crippen LogP contribution in [0.15, 0.2) is 24.3 Å². The van der Waals surface area contributed by atoms with Gasteiger partial charge in [0.15, 0.2) is 0 Å². The summed E-state index contributed by atoms with van der Waals surface area (Å²) in [6.07, 6.45) is 9.64. The molecule has 0 amide bonds. The van der Waals surface area contributed by atoms with Gasteiger partial charge >= 0.3 is 0 Å². The van der Waals surface area contributed by atoms with E-state index in [1.165, 1.54) is 57.1 Å². The van der Waals surface area contributed by atoms with Gasteiger partial charge in [-0.05, 0) is 62.4 Å². The highest BCUT2D eigenvalue weighted by atomic mass is 16.5. The molecule has 1 N–H and O–H groups in total. The fourth-order valence-corrected chi connectivity index (χ4v) is 3.52. The molecular weight excluding hydrogens is 246 g/mol. The van der Waals surface area contributed by atoms with Crippen molar-refractivity contribution in [3.8, 4) is 5.75 Å². The van der Waals surface area contributed by atoms with Gasteiger partial charge in [-0.2, -0.15) is 0 Å². The summed E-state index contributed by atoms with van der Waals surface area (Å²) in [5.74, 6) is 2.73. The first-order valence-electron chi connectivity index (χ1n) is 8.11. The second-order valence-corrected chi connectivity index (χ2v) is 6.10. The van der Waals surface area contributed by atoms with Crippen LogP contribution >= 0.6 is 0 Å². The van der Waals surface area contributed by atoms with Gasteiger partial charge < -0.3 is 10.1 Å². The number of methoxy groups -OCH3 is 1. The van der Waals surface area contributed by atoms with Crippen molar-refractivity contribution in [2.75, 3.05) is 20.7 Å². The molecule has 2 rings (SSSR count). The Labute approximate surface area is 123 Å². The molecule has 112 valence electrons. The first-order valence-corrected chi connectivity index (χ1v) is 8.11. The van der Waals surface area contributed by atoms with Crippen molar-refractivity contribution in [2.45, 2.75) is 44.9 Å². The summed E-state index contributed by atoms with van der Waals surface area (Å²) >= 11 is 0. The van der Waals surface area contributed by atoms with E-state index < -0.39 is 0 Å². The minimum Gasteiger partial charge on any atom is -0.497 e. The molecular formula is C18H29NO. The lowest BCUT2D eigenvalue weighted by atomic mass is 9.83. The Morgan fingerprint density at radius 2 is 1.75 bits per heavy atom. The van der Waals surface area contributed by atoms with Crippen LogP contribution in [-0.2, 0) is 6.42 Å². The topological polar surface area (TPSA) is 21.3 Å². The Morgan fingerprint density at radius 1 is 1.05 bits per heavy atom. The zero-order chi connectivity index (χ0) is 14.2. The lowest BCUT2D eigenvalue weighted by Gasteiger charge is -2.25. The second-order valence-electron chi connectivity index (χ2n) is 6.10. The lowest BCUT2D eigenvalue weighted by Crippen LogP contribution is -2.25. The molecule has 1 fully saturated rings. The Kier molecular flexibility index (Phi) is 6.38. The molecule has 1 aromatic carbocycles. The average Bonchev–Trinajstić information content (AvgIpc) is 2.71. The summed E-state index contributed by atoms with van der Waals surface area (Å²) in [7, 11) is 3.81. The van der Waals surface area contributed by atoms with Crippen molar-refractivity contribution in [3.63, 3.8) is 0 Å². The van der Waals surface area contributed by atoms with E-state index in [1.807, 2.05) is 0 Å². The third-order valence-corrected chi connectivity index (χ3v) is 4.75. The van der Waals surface area contributed by atoms with E-state index in [0.29, 0.717) is 0 Å². The number of ether oxygens (including phenoxy) is 1. The predicted octanol–water partition coefficient (Wildman–Crippen LogP) is 4.04. The highest BCUT2D eigenvalue weighted by molar-refractivity contribution is 5.27. The molecule has 2 unspecified atom stereocenters. The van der Waals surface area contributed by atoms with E-state index >= 15 is 0 Å². The largest absolute Gasteiger partial charge is 0.497 e. The number of rotatable bonds is 6. The molecule has 1 aliphatic carbocycles. The minimum atomic E-state index is 0.876. The van der Waals surface area contributed by atoms with E-state index in [0.717, 1.165) is 17.6 Å². The molecule has 2 atom stereocenters. The molecule has 2 heteroatoms. The molecule has 0 spiro atoms. The van der Waals surface area contributed by atoms with E-state index in [9.17, 15) is 0 Å². The standard InChI is InChI=1S/C18H29NO/c1-19-14-17-7-5-3-4-6-16(17)11-8-15-9-12-18(20-2)13-10-15/h9-10,12-13,16-17,19H,3-8,11,14H2,1-2H3. The molecule has 1 saturated carbocycles. The molecule has 1 aliphatic rings. The monoisotopic (exact) mass is 275 g/mol. The van der Waals surface area contributed by atoms with E-state index in [4.69, 9.17) is 4.74 Å². The molecule has 0 heterocycles. The predicted molar refractivity (Wildman–Crippen MR) is 85.3 cm³/mol. The third kappa shape index (κ3) is 4.52. The van der Waals surface area contributed by atoms with Gasteiger partial charge in [0.25, 0.3) is 0 Å². The fraction of sp³-hybridized carbons (Fsp3) is 0.667. The number of aryl methyl sites for hydroxylation is 1. The minimum absolute atomic E-state index is 0.876. The fourth-order valence-electron chi connectivity index (χ4n) is 3.52. The zero-order valence-electron chi connectivity index (χ0n) is 13.0. The highest BCUT2D eigenvalue weighted by Gasteiger charge is 2.22. The maximum absolute atomic E-state index is 5.22. The van der Waals surface area contributed by atoms with Crippen molar-refractivity contribution in [1.82, 2.24) is 5.32 Å². The summed E-state index contributed by atoms with van der Waals surface area (Å²) in [5, 5.41) is 3.39. The van der Waals surface area contributed by atoms with Crippen molar-refractivity contribution >= 4 is 0 Å². The van der Waals surface area contributed by atoms with Crippen LogP contribution in [-0.4, -0.2) is 20.7 Å². The summed E-state index contributed by atoms with van der Waals surface area (Å²) in [6, 6.07) is 8.58. The molecule has 2 nitrogen and oxygen atoms in total. The first-order chi connectivity index (χ1) is 9.83. The first kappa shape index (κ1) is 15.4. The smallest absolute Gasteiger partial charge is 0.118 e. The van der Waals surface area contributed by atoms with Crippen LogP contribution in [0.4, 0.5) is 0 Å². The molecule has 0 aliphatic heterocycles. The zero-order valence-corrected chi connectivity index (χ0v) is 13.0. The average molecular weight is 275 g/mol. The van der Waals surface area contributed by atoms with Crippen molar-refractivity contribution in [3.05, 3.63) is 29.8 Å². The molecule has 0 aromatic heterocycles. The van der Waals surface area contributed by atoms with Crippen LogP contribution in [0.2, 0.25) is 0 Å². The molecule has 0 bridgehead atoms. The SMILES string of the molecule is CNCC1CCCCCC1CCc1ccc(OC)cc1. The number of hydrogen-bond acceptors (Lipinski definition) is 2. The Morgan fingerprint density at radius 3 is 2.40 bits per heavy atom. The maximum Gasteiger partial charge on any atom is 0.118 e. The Balaban J connectivity index is 1.88. The molecule has 20 heavy (non-hydrogen) atoms. The molecule has 1 aromatic rings. The van der Waals surface area contributed by atoms with Gasteiger partial charge in [-0.25, -0.2) is 0 Å². The summed E-state index contributed by atoms with van der Waals surface area (Å²) in [5.41, 5.74) is 1.44. The van der Waals surface area contributed by atoms with Crippen LogP contribution in [0.25, 0.3) is 0 Å². The van der Waals surface area contributed by atoms with Gasteiger partial charge in [-0.1, -0.05) is 37.8 Å². The van der Waals surface area contributed by atoms with Gasteiger partial charge in [-0.15, -0.1) is 0 Å². The van der Waals surface area contributed by atoms with Crippen molar-refractivity contribution in [1.29, 1.82) is 0 Å². The summed E-state index contributed by atoms with van der Waals surface area (Å²) < 4.78 is 5.22. The number of benzene rings is 1. The number of hydrogen-bond donors (Lipinski definition) is 1. The van der Waals surface area contributed by atoms with E-state index in [-0.39, 0.29) is 0 Å². The lowest BCUT2D eigenvalue weighted by molar-refractivity contribution is 0.289. The van der Waals surface area contributed by atoms with Gasteiger partial charge in [0.2, 0.25) is 0 Å². The Hall–Kier alpha value is -1.02. The Bertz CT molecular complexity index is 374. The number of nitrogens with one attached hydrogen (secondary N) is 1. The highest BCUT2D eigenvalue weighted by Crippen LogP contribution is 2.31. The van der Waals surface area contributed by atoms with Crippen LogP contribution in [0.1, 0.15) is 44.1 Å². The van der Waals surface area contributed by atoms with Crippen LogP contribution in [0.3, 0.4) is 0 Å². The van der Waals surface area contributed by atoms with E-state index in [1.54, 1.807) is 7.11 Å². The quantitative estimate of drug-likeness (QED) is 0.791. The van der Waals surface area contributed by atoms with Crippen molar-refractivity contribution < 1.29 is 4.74 Å². The summed E-state index contributed by atoms with van der Waals surface area (Å²) in [4.78, 5) is 0. The van der Waals surface area contributed by atoms with E-state index in [2.05, 4.69) is 36.6 Å².